The third-order valence-electron chi connectivity index (χ3n) is 2.92. The van der Waals surface area contributed by atoms with Crippen molar-refractivity contribution in [1.82, 2.24) is 9.97 Å². The van der Waals surface area contributed by atoms with Crippen LogP contribution in [0.25, 0.3) is 0 Å². The maximum atomic E-state index is 12.4. The summed E-state index contributed by atoms with van der Waals surface area (Å²) < 4.78 is 5.10. The summed E-state index contributed by atoms with van der Waals surface area (Å²) in [7, 11) is 1.60. The first-order valence-electron chi connectivity index (χ1n) is 7.36. The van der Waals surface area contributed by atoms with E-state index in [1.165, 1.54) is 0 Å². The molecule has 6 nitrogen and oxygen atoms in total. The van der Waals surface area contributed by atoms with E-state index in [9.17, 15) is 4.79 Å². The van der Waals surface area contributed by atoms with Crippen LogP contribution in [0.2, 0.25) is 0 Å². The van der Waals surface area contributed by atoms with Crippen LogP contribution in [-0.2, 0) is 0 Å². The van der Waals surface area contributed by atoms with Gasteiger partial charge in [0, 0.05) is 17.3 Å². The highest BCUT2D eigenvalue weighted by atomic mass is 16.5. The maximum Gasteiger partial charge on any atom is 0.274 e. The lowest BCUT2D eigenvalue weighted by atomic mass is 10.1. The van der Waals surface area contributed by atoms with Crippen LogP contribution in [0.5, 0.6) is 5.75 Å². The van der Waals surface area contributed by atoms with Crippen LogP contribution < -0.4 is 15.4 Å². The van der Waals surface area contributed by atoms with Crippen molar-refractivity contribution >= 4 is 17.4 Å². The van der Waals surface area contributed by atoms with Gasteiger partial charge in [0.1, 0.15) is 23.1 Å². The van der Waals surface area contributed by atoms with E-state index in [4.69, 9.17) is 4.74 Å². The fourth-order valence-corrected chi connectivity index (χ4v) is 2.00. The van der Waals surface area contributed by atoms with Gasteiger partial charge in [0.05, 0.1) is 7.11 Å². The van der Waals surface area contributed by atoms with Crippen molar-refractivity contribution in [1.29, 1.82) is 0 Å². The number of aryl methyl sites for hydroxylation is 1. The summed E-state index contributed by atoms with van der Waals surface area (Å²) in [5.74, 6) is 1.62. The molecule has 0 fully saturated rings. The molecule has 0 saturated carbocycles. The molecule has 1 aromatic carbocycles. The normalized spacial score (nSPS) is 11.0. The number of anilines is 2. The fraction of sp³-hybridized carbons (Fsp3) is 0.353. The highest BCUT2D eigenvalue weighted by Crippen LogP contribution is 2.17. The molecular formula is C17H22N4O2. The zero-order chi connectivity index (χ0) is 17.0. The topological polar surface area (TPSA) is 76.1 Å². The molecule has 0 atom stereocenters. The first-order chi connectivity index (χ1) is 10.8. The minimum atomic E-state index is -0.280. The Bertz CT molecular complexity index is 691. The van der Waals surface area contributed by atoms with Gasteiger partial charge in [-0.25, -0.2) is 9.97 Å². The lowest BCUT2D eigenvalue weighted by Crippen LogP contribution is -2.27. The van der Waals surface area contributed by atoms with E-state index in [0.717, 1.165) is 5.75 Å². The first kappa shape index (κ1) is 16.7. The Morgan fingerprint density at radius 2 is 1.78 bits per heavy atom. The smallest absolute Gasteiger partial charge is 0.274 e. The molecule has 0 aliphatic rings. The van der Waals surface area contributed by atoms with Crippen molar-refractivity contribution in [3.63, 3.8) is 0 Å². The van der Waals surface area contributed by atoms with E-state index < -0.39 is 0 Å². The highest BCUT2D eigenvalue weighted by molar-refractivity contribution is 6.03. The van der Waals surface area contributed by atoms with Gasteiger partial charge in [-0.1, -0.05) is 0 Å². The zero-order valence-electron chi connectivity index (χ0n) is 14.1. The predicted octanol–water partition coefficient (Wildman–Crippen LogP) is 3.26. The van der Waals surface area contributed by atoms with Gasteiger partial charge < -0.3 is 15.4 Å². The molecule has 0 radical (unpaired) electrons. The summed E-state index contributed by atoms with van der Waals surface area (Å²) in [5, 5.41) is 6.06. The van der Waals surface area contributed by atoms with E-state index in [2.05, 4.69) is 20.6 Å². The minimum absolute atomic E-state index is 0.148. The molecule has 23 heavy (non-hydrogen) atoms. The van der Waals surface area contributed by atoms with Gasteiger partial charge in [0.15, 0.2) is 0 Å². The van der Waals surface area contributed by atoms with Gasteiger partial charge in [-0.05, 0) is 52.0 Å². The molecule has 0 bridgehead atoms. The summed E-state index contributed by atoms with van der Waals surface area (Å²) in [6, 6.07) is 8.77. The largest absolute Gasteiger partial charge is 0.497 e. The van der Waals surface area contributed by atoms with Crippen LogP contribution in [0.4, 0.5) is 11.5 Å². The SMILES string of the molecule is COc1ccc(NC(=O)c2cc(NC(C)(C)C)nc(C)n2)cc1. The van der Waals surface area contributed by atoms with E-state index in [-0.39, 0.29) is 11.4 Å². The maximum absolute atomic E-state index is 12.4. The molecule has 0 saturated heterocycles. The number of aromatic nitrogens is 2. The lowest BCUT2D eigenvalue weighted by Gasteiger charge is -2.21. The quantitative estimate of drug-likeness (QED) is 0.906. The number of benzene rings is 1. The number of methoxy groups -OCH3 is 1. The molecule has 2 rings (SSSR count). The number of ether oxygens (including phenoxy) is 1. The third kappa shape index (κ3) is 4.95. The predicted molar refractivity (Wildman–Crippen MR) is 91.1 cm³/mol. The standard InChI is InChI=1S/C17H22N4O2/c1-11-18-14(10-15(19-11)21-17(2,3)4)16(22)20-12-6-8-13(23-5)9-7-12/h6-10H,1-5H3,(H,20,22)(H,18,19,21). The van der Waals surface area contributed by atoms with Crippen molar-refractivity contribution in [3.05, 3.63) is 41.9 Å². The Balaban J connectivity index is 2.17. The molecule has 0 aliphatic heterocycles. The number of hydrogen-bond donors (Lipinski definition) is 2. The number of nitrogens with zero attached hydrogens (tertiary/aromatic N) is 2. The van der Waals surface area contributed by atoms with Crippen LogP contribution in [0.1, 0.15) is 37.1 Å². The third-order valence-corrected chi connectivity index (χ3v) is 2.92. The average molecular weight is 314 g/mol. The van der Waals surface area contributed by atoms with Crippen LogP contribution in [0.3, 0.4) is 0 Å². The molecule has 2 aromatic rings. The molecule has 6 heteroatoms. The molecule has 122 valence electrons. The van der Waals surface area contributed by atoms with Gasteiger partial charge >= 0.3 is 0 Å². The summed E-state index contributed by atoms with van der Waals surface area (Å²) in [4.78, 5) is 20.9. The molecule has 1 aromatic heterocycles. The van der Waals surface area contributed by atoms with Crippen molar-refractivity contribution in [2.24, 2.45) is 0 Å². The number of hydrogen-bond acceptors (Lipinski definition) is 5. The van der Waals surface area contributed by atoms with E-state index >= 15 is 0 Å². The molecule has 1 heterocycles. The number of carbonyl (C=O) groups excluding carboxylic acids is 1. The molecular weight excluding hydrogens is 292 g/mol. The Labute approximate surface area is 136 Å². The average Bonchev–Trinajstić information content (AvgIpc) is 2.45. The summed E-state index contributed by atoms with van der Waals surface area (Å²) in [6.07, 6.45) is 0. The highest BCUT2D eigenvalue weighted by Gasteiger charge is 2.15. The molecule has 0 unspecified atom stereocenters. The summed E-state index contributed by atoms with van der Waals surface area (Å²) in [6.45, 7) is 7.85. The molecule has 0 aliphatic carbocycles. The summed E-state index contributed by atoms with van der Waals surface area (Å²) in [5.41, 5.74) is 0.849. The Morgan fingerprint density at radius 1 is 1.13 bits per heavy atom. The van der Waals surface area contributed by atoms with Crippen molar-refractivity contribution in [2.75, 3.05) is 17.7 Å². The number of carbonyl (C=O) groups is 1. The van der Waals surface area contributed by atoms with Gasteiger partial charge in [-0.15, -0.1) is 0 Å². The van der Waals surface area contributed by atoms with E-state index in [0.29, 0.717) is 23.0 Å². The van der Waals surface area contributed by atoms with E-state index in [1.807, 2.05) is 20.8 Å². The van der Waals surface area contributed by atoms with Crippen LogP contribution in [-0.4, -0.2) is 28.5 Å². The zero-order valence-corrected chi connectivity index (χ0v) is 14.1. The first-order valence-corrected chi connectivity index (χ1v) is 7.36. The van der Waals surface area contributed by atoms with Crippen LogP contribution in [0.15, 0.2) is 30.3 Å². The Kier molecular flexibility index (Phi) is 4.83. The monoisotopic (exact) mass is 314 g/mol. The Morgan fingerprint density at radius 3 is 2.35 bits per heavy atom. The second-order valence-electron chi connectivity index (χ2n) is 6.24. The van der Waals surface area contributed by atoms with Crippen molar-refractivity contribution < 1.29 is 9.53 Å². The second-order valence-corrected chi connectivity index (χ2v) is 6.24. The number of amides is 1. The van der Waals surface area contributed by atoms with Gasteiger partial charge in [0.2, 0.25) is 0 Å². The van der Waals surface area contributed by atoms with Gasteiger partial charge in [-0.3, -0.25) is 4.79 Å². The number of rotatable bonds is 4. The van der Waals surface area contributed by atoms with E-state index in [1.54, 1.807) is 44.4 Å². The second kappa shape index (κ2) is 6.64. The molecule has 0 spiro atoms. The fourth-order valence-electron chi connectivity index (χ4n) is 2.00. The molecule has 1 amide bonds. The molecule has 2 N–H and O–H groups in total. The van der Waals surface area contributed by atoms with Crippen molar-refractivity contribution in [3.8, 4) is 5.75 Å². The Hall–Kier alpha value is -2.63. The number of nitrogens with one attached hydrogen (secondary N) is 2. The summed E-state index contributed by atoms with van der Waals surface area (Å²) >= 11 is 0. The van der Waals surface area contributed by atoms with Crippen LogP contribution in [0, 0.1) is 6.92 Å². The lowest BCUT2D eigenvalue weighted by molar-refractivity contribution is 0.102. The minimum Gasteiger partial charge on any atom is -0.497 e. The van der Waals surface area contributed by atoms with Crippen LogP contribution >= 0.6 is 0 Å². The van der Waals surface area contributed by atoms with Gasteiger partial charge in [0.25, 0.3) is 5.91 Å². The van der Waals surface area contributed by atoms with Gasteiger partial charge in [-0.2, -0.15) is 0 Å². The van der Waals surface area contributed by atoms with Crippen molar-refractivity contribution in [2.45, 2.75) is 33.2 Å².